The first-order valence-corrected chi connectivity index (χ1v) is 10.2. The zero-order valence-corrected chi connectivity index (χ0v) is 16.8. The molecule has 28 heavy (non-hydrogen) atoms. The van der Waals surface area contributed by atoms with Gasteiger partial charge in [0.05, 0.1) is 37.6 Å². The zero-order valence-electron chi connectivity index (χ0n) is 16.8. The molecular formula is C22H32O6. The molecule has 5 atom stereocenters. The highest BCUT2D eigenvalue weighted by Gasteiger charge is 2.48. The molecule has 2 aliphatic heterocycles. The number of Topliss-reactive ketones (excluding diaryl/α,β-unsaturated/α-hetero) is 1. The third kappa shape index (κ3) is 5.84. The highest BCUT2D eigenvalue weighted by molar-refractivity contribution is 5.78. The number of carbonyl (C=O) groups is 1. The normalized spacial score (nSPS) is 33.1. The van der Waals surface area contributed by atoms with Crippen molar-refractivity contribution >= 4 is 5.78 Å². The van der Waals surface area contributed by atoms with Gasteiger partial charge < -0.3 is 24.1 Å². The number of aliphatic hydroxyl groups is 1. The molecule has 0 amide bonds. The van der Waals surface area contributed by atoms with E-state index >= 15 is 0 Å². The number of ether oxygens (including phenoxy) is 4. The summed E-state index contributed by atoms with van der Waals surface area (Å²) < 4.78 is 24.0. The lowest BCUT2D eigenvalue weighted by atomic mass is 9.88. The van der Waals surface area contributed by atoms with Crippen LogP contribution in [0.1, 0.15) is 51.0 Å². The average Bonchev–Trinajstić information content (AvgIpc) is 2.67. The Labute approximate surface area is 167 Å². The molecule has 2 fully saturated rings. The molecule has 2 aliphatic rings. The van der Waals surface area contributed by atoms with Gasteiger partial charge >= 0.3 is 0 Å². The minimum Gasteiger partial charge on any atom is -0.393 e. The van der Waals surface area contributed by atoms with Crippen molar-refractivity contribution < 1.29 is 28.8 Å². The summed E-state index contributed by atoms with van der Waals surface area (Å²) in [5.41, 5.74) is 1.10. The highest BCUT2D eigenvalue weighted by Crippen LogP contribution is 2.41. The lowest BCUT2D eigenvalue weighted by Gasteiger charge is -2.49. The van der Waals surface area contributed by atoms with Crippen molar-refractivity contribution in [2.24, 2.45) is 0 Å². The molecule has 1 aromatic rings. The summed E-state index contributed by atoms with van der Waals surface area (Å²) in [7, 11) is 1.67. The summed E-state index contributed by atoms with van der Waals surface area (Å²) in [6.45, 7) is 2.74. The van der Waals surface area contributed by atoms with Crippen molar-refractivity contribution in [2.75, 3.05) is 13.7 Å². The molecule has 0 radical (unpaired) electrons. The van der Waals surface area contributed by atoms with Gasteiger partial charge in [-0.15, -0.1) is 0 Å². The Balaban J connectivity index is 1.61. The molecule has 2 saturated heterocycles. The Morgan fingerprint density at radius 1 is 1.18 bits per heavy atom. The van der Waals surface area contributed by atoms with Crippen LogP contribution in [-0.4, -0.2) is 54.8 Å². The van der Waals surface area contributed by atoms with Crippen molar-refractivity contribution in [1.29, 1.82) is 0 Å². The van der Waals surface area contributed by atoms with Crippen LogP contribution in [-0.2, 0) is 30.3 Å². The maximum absolute atomic E-state index is 11.9. The fourth-order valence-corrected chi connectivity index (χ4v) is 4.16. The van der Waals surface area contributed by atoms with Crippen LogP contribution in [0.3, 0.4) is 0 Å². The molecule has 156 valence electrons. The van der Waals surface area contributed by atoms with E-state index in [1.54, 1.807) is 7.11 Å². The predicted molar refractivity (Wildman–Crippen MR) is 104 cm³/mol. The van der Waals surface area contributed by atoms with E-state index in [-0.39, 0.29) is 24.1 Å². The van der Waals surface area contributed by atoms with Gasteiger partial charge in [0.25, 0.3) is 0 Å². The first kappa shape index (κ1) is 21.4. The number of benzene rings is 1. The smallest absolute Gasteiger partial charge is 0.174 e. The van der Waals surface area contributed by atoms with Gasteiger partial charge in [0, 0.05) is 45.6 Å². The molecule has 0 bridgehead atoms. The van der Waals surface area contributed by atoms with Crippen LogP contribution < -0.4 is 0 Å². The number of methoxy groups -OCH3 is 1. The van der Waals surface area contributed by atoms with Crippen LogP contribution in [0.25, 0.3) is 0 Å². The largest absolute Gasteiger partial charge is 0.393 e. The van der Waals surface area contributed by atoms with E-state index in [2.05, 4.69) is 0 Å². The molecule has 0 unspecified atom stereocenters. The fraction of sp³-hybridized carbons (Fsp3) is 0.682. The van der Waals surface area contributed by atoms with Gasteiger partial charge in [0.1, 0.15) is 5.78 Å². The molecule has 6 nitrogen and oxygen atoms in total. The molecule has 1 N–H and O–H groups in total. The van der Waals surface area contributed by atoms with Crippen LogP contribution in [0.5, 0.6) is 0 Å². The monoisotopic (exact) mass is 392 g/mol. The van der Waals surface area contributed by atoms with Gasteiger partial charge in [-0.05, 0) is 5.56 Å². The number of aliphatic hydroxyl groups excluding tert-OH is 1. The van der Waals surface area contributed by atoms with Crippen molar-refractivity contribution in [3.63, 3.8) is 0 Å². The van der Waals surface area contributed by atoms with Crippen molar-refractivity contribution in [3.05, 3.63) is 35.9 Å². The van der Waals surface area contributed by atoms with Gasteiger partial charge in [-0.2, -0.15) is 0 Å². The summed E-state index contributed by atoms with van der Waals surface area (Å²) in [5.74, 6) is -0.758. The predicted octanol–water partition coefficient (Wildman–Crippen LogP) is 3.00. The van der Waals surface area contributed by atoms with E-state index in [0.717, 1.165) is 5.56 Å². The van der Waals surface area contributed by atoms with E-state index in [1.165, 1.54) is 0 Å². The van der Waals surface area contributed by atoms with Crippen molar-refractivity contribution in [1.82, 2.24) is 0 Å². The van der Waals surface area contributed by atoms with Crippen LogP contribution >= 0.6 is 0 Å². The molecular weight excluding hydrogens is 360 g/mol. The molecule has 3 rings (SSSR count). The third-order valence-corrected chi connectivity index (χ3v) is 5.51. The molecule has 1 spiro atoms. The van der Waals surface area contributed by atoms with Crippen LogP contribution in [0.4, 0.5) is 0 Å². The molecule has 2 heterocycles. The lowest BCUT2D eigenvalue weighted by Crippen LogP contribution is -2.56. The second-order valence-electron chi connectivity index (χ2n) is 7.88. The molecule has 0 saturated carbocycles. The number of hydrogen-bond acceptors (Lipinski definition) is 6. The van der Waals surface area contributed by atoms with E-state index in [1.807, 2.05) is 37.3 Å². The van der Waals surface area contributed by atoms with Crippen LogP contribution in [0.2, 0.25) is 0 Å². The summed E-state index contributed by atoms with van der Waals surface area (Å²) in [6.07, 6.45) is 1.86. The first-order chi connectivity index (χ1) is 13.5. The van der Waals surface area contributed by atoms with E-state index < -0.39 is 11.9 Å². The Kier molecular flexibility index (Phi) is 7.60. The minimum atomic E-state index is -0.921. The zero-order chi connectivity index (χ0) is 20.0. The maximum Gasteiger partial charge on any atom is 0.174 e. The fourth-order valence-electron chi connectivity index (χ4n) is 4.16. The summed E-state index contributed by atoms with van der Waals surface area (Å²) >= 11 is 0. The molecule has 6 heteroatoms. The number of carbonyl (C=O) groups excluding carboxylic acids is 1. The van der Waals surface area contributed by atoms with E-state index in [9.17, 15) is 9.90 Å². The van der Waals surface area contributed by atoms with E-state index in [4.69, 9.17) is 18.9 Å². The van der Waals surface area contributed by atoms with Crippen LogP contribution in [0, 0.1) is 0 Å². The van der Waals surface area contributed by atoms with E-state index in [0.29, 0.717) is 51.7 Å². The minimum absolute atomic E-state index is 0.0559. The van der Waals surface area contributed by atoms with Crippen LogP contribution in [0.15, 0.2) is 30.3 Å². The number of hydrogen-bond donors (Lipinski definition) is 1. The molecule has 0 aromatic heterocycles. The van der Waals surface area contributed by atoms with Gasteiger partial charge in [0.2, 0.25) is 0 Å². The first-order valence-electron chi connectivity index (χ1n) is 10.2. The summed E-state index contributed by atoms with van der Waals surface area (Å²) in [5, 5.41) is 10.5. The molecule has 0 aliphatic carbocycles. The number of rotatable bonds is 8. The quantitative estimate of drug-likeness (QED) is 0.733. The lowest BCUT2D eigenvalue weighted by molar-refractivity contribution is -0.343. The van der Waals surface area contributed by atoms with Gasteiger partial charge in [-0.3, -0.25) is 4.79 Å². The van der Waals surface area contributed by atoms with Crippen molar-refractivity contribution in [2.45, 2.75) is 82.3 Å². The Bertz CT molecular complexity index is 621. The summed E-state index contributed by atoms with van der Waals surface area (Å²) in [6, 6.07) is 9.96. The third-order valence-electron chi connectivity index (χ3n) is 5.51. The Morgan fingerprint density at radius 2 is 1.93 bits per heavy atom. The SMILES string of the molecule is CCC(=O)C[C@@H]1C[C@H](OC)C[C@]2(C[C@@H](O)C[C@H](COCc3ccccc3)O2)O1. The highest BCUT2D eigenvalue weighted by atomic mass is 16.7. The van der Waals surface area contributed by atoms with Gasteiger partial charge in [0.15, 0.2) is 5.79 Å². The maximum atomic E-state index is 11.9. The van der Waals surface area contributed by atoms with Crippen molar-refractivity contribution in [3.8, 4) is 0 Å². The Hall–Kier alpha value is -1.31. The molecule has 1 aromatic carbocycles. The van der Waals surface area contributed by atoms with Gasteiger partial charge in [-0.1, -0.05) is 37.3 Å². The standard InChI is InChI=1S/C22H32O6/c1-3-17(23)9-19-11-20(25-2)13-22(27-19)12-18(24)10-21(28-22)15-26-14-16-7-5-4-6-8-16/h4-8,18-21,24H,3,9-15H2,1-2H3/t18-,19+,20-,21+,22+/m0/s1. The Morgan fingerprint density at radius 3 is 2.64 bits per heavy atom. The summed E-state index contributed by atoms with van der Waals surface area (Å²) in [4.78, 5) is 11.9. The average molecular weight is 392 g/mol. The topological polar surface area (TPSA) is 74.2 Å². The number of ketones is 1. The van der Waals surface area contributed by atoms with Gasteiger partial charge in [-0.25, -0.2) is 0 Å². The second-order valence-corrected chi connectivity index (χ2v) is 7.88. The second kappa shape index (κ2) is 9.94.